The minimum atomic E-state index is -0.294. The Morgan fingerprint density at radius 1 is 1.25 bits per heavy atom. The average molecular weight is 360 g/mol. The molecular weight excluding hydrogens is 343 g/mol. The summed E-state index contributed by atoms with van der Waals surface area (Å²) in [5, 5.41) is 1.84. The van der Waals surface area contributed by atoms with Crippen LogP contribution in [-0.4, -0.2) is 21.5 Å². The predicted molar refractivity (Wildman–Crippen MR) is 97.7 cm³/mol. The van der Waals surface area contributed by atoms with E-state index < -0.39 is 0 Å². The zero-order valence-corrected chi connectivity index (χ0v) is 15.4. The Morgan fingerprint density at radius 2 is 2.04 bits per heavy atom. The predicted octanol–water partition coefficient (Wildman–Crippen LogP) is 4.98. The van der Waals surface area contributed by atoms with Gasteiger partial charge in [0.2, 0.25) is 0 Å². The van der Waals surface area contributed by atoms with E-state index in [0.717, 1.165) is 21.7 Å². The average Bonchev–Trinajstić information content (AvgIpc) is 2.97. The molecule has 0 unspecified atom stereocenters. The lowest BCUT2D eigenvalue weighted by Crippen LogP contribution is -2.04. The number of ketones is 1. The minimum Gasteiger partial charge on any atom is -0.293 e. The molecule has 0 aliphatic heterocycles. The maximum atomic E-state index is 13.3. The van der Waals surface area contributed by atoms with E-state index in [4.69, 9.17) is 0 Å². The van der Waals surface area contributed by atoms with E-state index in [1.165, 1.54) is 28.8 Å². The summed E-state index contributed by atoms with van der Waals surface area (Å²) in [5.41, 5.74) is 1.01. The Hall–Kier alpha value is -1.79. The van der Waals surface area contributed by atoms with E-state index in [0.29, 0.717) is 17.0 Å². The molecule has 2 heterocycles. The highest BCUT2D eigenvalue weighted by atomic mass is 32.2. The Kier molecular flexibility index (Phi) is 4.96. The number of halogens is 1. The van der Waals surface area contributed by atoms with Gasteiger partial charge in [-0.25, -0.2) is 14.4 Å². The molecule has 0 bridgehead atoms. The summed E-state index contributed by atoms with van der Waals surface area (Å²) in [6, 6.07) is 6.58. The van der Waals surface area contributed by atoms with Crippen molar-refractivity contribution in [1.29, 1.82) is 0 Å². The number of carbonyl (C=O) groups excluding carboxylic acids is 1. The second kappa shape index (κ2) is 6.99. The van der Waals surface area contributed by atoms with Gasteiger partial charge in [0.25, 0.3) is 0 Å². The zero-order valence-electron chi connectivity index (χ0n) is 13.7. The molecule has 0 radical (unpaired) electrons. The normalized spacial score (nSPS) is 11.2. The third-order valence-electron chi connectivity index (χ3n) is 3.69. The van der Waals surface area contributed by atoms with Crippen LogP contribution in [0.2, 0.25) is 0 Å². The number of thiophene rings is 1. The first kappa shape index (κ1) is 17.0. The molecule has 0 spiro atoms. The third kappa shape index (κ3) is 3.49. The summed E-state index contributed by atoms with van der Waals surface area (Å²) >= 11 is 3.08. The molecule has 1 aromatic carbocycles. The van der Waals surface area contributed by atoms with Crippen LogP contribution in [0.4, 0.5) is 4.39 Å². The number of rotatable bonds is 5. The van der Waals surface area contributed by atoms with Gasteiger partial charge in [-0.1, -0.05) is 18.7 Å². The number of carbonyl (C=O) groups is 1. The van der Waals surface area contributed by atoms with Gasteiger partial charge in [-0.2, -0.15) is 0 Å². The Balaban J connectivity index is 1.83. The Bertz CT molecular complexity index is 921. The first-order chi connectivity index (χ1) is 11.5. The quantitative estimate of drug-likeness (QED) is 0.365. The van der Waals surface area contributed by atoms with Crippen LogP contribution in [0.15, 0.2) is 29.3 Å². The number of Topliss-reactive ketones (excluding diaryl/α,β-unsaturated/α-hetero) is 1. The van der Waals surface area contributed by atoms with Crippen molar-refractivity contribution in [3.05, 3.63) is 51.9 Å². The van der Waals surface area contributed by atoms with Crippen LogP contribution in [0, 0.1) is 19.7 Å². The molecule has 0 N–H and O–H groups in total. The fraction of sp³-hybridized carbons (Fsp3) is 0.278. The molecule has 0 atom stereocenters. The fourth-order valence-corrected chi connectivity index (χ4v) is 4.39. The van der Waals surface area contributed by atoms with Crippen LogP contribution in [0.25, 0.3) is 10.2 Å². The van der Waals surface area contributed by atoms with Gasteiger partial charge in [0.05, 0.1) is 5.75 Å². The molecule has 3 nitrogen and oxygen atoms in total. The van der Waals surface area contributed by atoms with E-state index in [1.807, 2.05) is 6.92 Å². The van der Waals surface area contributed by atoms with Crippen molar-refractivity contribution in [2.24, 2.45) is 0 Å². The van der Waals surface area contributed by atoms with E-state index in [1.54, 1.807) is 24.3 Å². The molecule has 0 aliphatic carbocycles. The zero-order chi connectivity index (χ0) is 17.3. The maximum absolute atomic E-state index is 13.3. The smallest absolute Gasteiger partial charge is 0.173 e. The first-order valence-electron chi connectivity index (χ1n) is 7.67. The third-order valence-corrected chi connectivity index (χ3v) is 5.85. The SMILES string of the molecule is CCc1cc2c(SCC(=O)c3ccc(F)c(C)c3)nc(C)nc2s1. The first-order valence-corrected chi connectivity index (χ1v) is 9.47. The minimum absolute atomic E-state index is 0.0292. The number of benzene rings is 1. The van der Waals surface area contributed by atoms with E-state index in [-0.39, 0.29) is 17.4 Å². The summed E-state index contributed by atoms with van der Waals surface area (Å²) in [7, 11) is 0. The van der Waals surface area contributed by atoms with Crippen molar-refractivity contribution in [2.45, 2.75) is 32.2 Å². The van der Waals surface area contributed by atoms with Crippen LogP contribution < -0.4 is 0 Å². The van der Waals surface area contributed by atoms with Gasteiger partial charge in [0, 0.05) is 15.8 Å². The molecule has 0 saturated carbocycles. The molecular formula is C18H17FN2OS2. The van der Waals surface area contributed by atoms with E-state index in [9.17, 15) is 9.18 Å². The topological polar surface area (TPSA) is 42.9 Å². The molecule has 0 aliphatic rings. The van der Waals surface area contributed by atoms with E-state index in [2.05, 4.69) is 23.0 Å². The second-order valence-electron chi connectivity index (χ2n) is 5.54. The molecule has 3 aromatic rings. The summed E-state index contributed by atoms with van der Waals surface area (Å²) in [6.07, 6.45) is 0.956. The van der Waals surface area contributed by atoms with Crippen molar-refractivity contribution >= 4 is 39.1 Å². The lowest BCUT2D eigenvalue weighted by molar-refractivity contribution is 0.102. The van der Waals surface area contributed by atoms with Gasteiger partial charge >= 0.3 is 0 Å². The number of nitrogens with zero attached hydrogens (tertiary/aromatic N) is 2. The lowest BCUT2D eigenvalue weighted by atomic mass is 10.1. The lowest BCUT2D eigenvalue weighted by Gasteiger charge is -2.05. The number of aromatic nitrogens is 2. The molecule has 0 fully saturated rings. The van der Waals surface area contributed by atoms with Crippen LogP contribution in [0.3, 0.4) is 0 Å². The van der Waals surface area contributed by atoms with Gasteiger partial charge in [-0.3, -0.25) is 4.79 Å². The summed E-state index contributed by atoms with van der Waals surface area (Å²) in [4.78, 5) is 23.6. The number of hydrogen-bond donors (Lipinski definition) is 0. The monoisotopic (exact) mass is 360 g/mol. The van der Waals surface area contributed by atoms with Crippen molar-refractivity contribution < 1.29 is 9.18 Å². The molecule has 0 saturated heterocycles. The highest BCUT2D eigenvalue weighted by molar-refractivity contribution is 8.00. The van der Waals surface area contributed by atoms with Crippen LogP contribution >= 0.6 is 23.1 Å². The van der Waals surface area contributed by atoms with Gasteiger partial charge in [0.15, 0.2) is 5.78 Å². The van der Waals surface area contributed by atoms with Crippen molar-refractivity contribution in [1.82, 2.24) is 9.97 Å². The number of aryl methyl sites for hydroxylation is 3. The van der Waals surface area contributed by atoms with Gasteiger partial charge in [-0.15, -0.1) is 11.3 Å². The van der Waals surface area contributed by atoms with Crippen molar-refractivity contribution in [2.75, 3.05) is 5.75 Å². The molecule has 124 valence electrons. The van der Waals surface area contributed by atoms with Crippen LogP contribution in [0.1, 0.15) is 33.5 Å². The molecule has 2 aromatic heterocycles. The largest absolute Gasteiger partial charge is 0.293 e. The molecule has 3 rings (SSSR count). The second-order valence-corrected chi connectivity index (χ2v) is 7.62. The Morgan fingerprint density at radius 3 is 2.75 bits per heavy atom. The highest BCUT2D eigenvalue weighted by Crippen LogP contribution is 2.32. The molecule has 0 amide bonds. The van der Waals surface area contributed by atoms with Gasteiger partial charge in [0.1, 0.15) is 21.5 Å². The molecule has 24 heavy (non-hydrogen) atoms. The molecule has 6 heteroatoms. The maximum Gasteiger partial charge on any atom is 0.173 e. The highest BCUT2D eigenvalue weighted by Gasteiger charge is 2.14. The standard InChI is InChI=1S/C18H17FN2OS2/c1-4-13-8-14-17(20-11(3)21-18(14)24-13)23-9-16(22)12-5-6-15(19)10(2)7-12/h5-8H,4,9H2,1-3H3. The number of fused-ring (bicyclic) bond motifs is 1. The Labute approximate surface area is 148 Å². The van der Waals surface area contributed by atoms with E-state index >= 15 is 0 Å². The van der Waals surface area contributed by atoms with Crippen molar-refractivity contribution in [3.63, 3.8) is 0 Å². The van der Waals surface area contributed by atoms with Crippen LogP contribution in [-0.2, 0) is 6.42 Å². The van der Waals surface area contributed by atoms with Gasteiger partial charge in [-0.05, 0) is 50.1 Å². The summed E-state index contributed by atoms with van der Waals surface area (Å²) < 4.78 is 13.3. The fourth-order valence-electron chi connectivity index (χ4n) is 2.37. The van der Waals surface area contributed by atoms with Crippen molar-refractivity contribution in [3.8, 4) is 0 Å². The number of thioether (sulfide) groups is 1. The van der Waals surface area contributed by atoms with Crippen LogP contribution in [0.5, 0.6) is 0 Å². The summed E-state index contributed by atoms with van der Waals surface area (Å²) in [5.74, 6) is 0.657. The summed E-state index contributed by atoms with van der Waals surface area (Å²) in [6.45, 7) is 5.63. The number of hydrogen-bond acceptors (Lipinski definition) is 5. The van der Waals surface area contributed by atoms with Gasteiger partial charge < -0.3 is 0 Å².